The molecule has 24 heavy (non-hydrogen) atoms. The summed E-state index contributed by atoms with van der Waals surface area (Å²) in [5, 5.41) is 6.42. The van der Waals surface area contributed by atoms with Gasteiger partial charge in [-0.05, 0) is 43.5 Å². The first-order valence-electron chi connectivity index (χ1n) is 8.01. The standard InChI is InChI=1S/C17H20N2O4S/c20-16(12-4-5-12)19-15-7-6-14(24-15)17(21)18-8-2-9-22-11-13-3-1-10-23-13/h1,3,6-7,10,12H,2,4-5,8-9,11H2,(H,18,21)(H,19,20). The molecule has 0 radical (unpaired) electrons. The van der Waals surface area contributed by atoms with Crippen LogP contribution in [0.25, 0.3) is 0 Å². The summed E-state index contributed by atoms with van der Waals surface area (Å²) in [6.07, 6.45) is 4.27. The summed E-state index contributed by atoms with van der Waals surface area (Å²) in [5.74, 6) is 0.874. The molecule has 0 aromatic carbocycles. The number of furan rings is 1. The van der Waals surface area contributed by atoms with E-state index in [9.17, 15) is 9.59 Å². The molecule has 2 N–H and O–H groups in total. The molecule has 0 unspecified atom stereocenters. The Morgan fingerprint density at radius 1 is 1.29 bits per heavy atom. The Labute approximate surface area is 144 Å². The van der Waals surface area contributed by atoms with Crippen LogP contribution in [0.5, 0.6) is 0 Å². The summed E-state index contributed by atoms with van der Waals surface area (Å²) in [5.41, 5.74) is 0. The van der Waals surface area contributed by atoms with Crippen molar-refractivity contribution in [2.75, 3.05) is 18.5 Å². The lowest BCUT2D eigenvalue weighted by Gasteiger charge is -2.04. The maximum Gasteiger partial charge on any atom is 0.261 e. The molecule has 0 bridgehead atoms. The van der Waals surface area contributed by atoms with Gasteiger partial charge in [0.05, 0.1) is 16.1 Å². The Bertz CT molecular complexity index is 677. The molecule has 0 spiro atoms. The fourth-order valence-electron chi connectivity index (χ4n) is 2.13. The smallest absolute Gasteiger partial charge is 0.261 e. The van der Waals surface area contributed by atoms with Gasteiger partial charge in [-0.3, -0.25) is 9.59 Å². The molecule has 0 atom stereocenters. The van der Waals surface area contributed by atoms with E-state index < -0.39 is 0 Å². The van der Waals surface area contributed by atoms with Crippen LogP contribution in [-0.2, 0) is 16.1 Å². The van der Waals surface area contributed by atoms with Gasteiger partial charge < -0.3 is 19.8 Å². The first-order chi connectivity index (χ1) is 11.7. The monoisotopic (exact) mass is 348 g/mol. The quantitative estimate of drug-likeness (QED) is 0.683. The zero-order valence-electron chi connectivity index (χ0n) is 13.2. The molecule has 1 aliphatic carbocycles. The van der Waals surface area contributed by atoms with Crippen LogP contribution in [0.3, 0.4) is 0 Å². The summed E-state index contributed by atoms with van der Waals surface area (Å²) < 4.78 is 10.6. The molecule has 1 saturated carbocycles. The fraction of sp³-hybridized carbons (Fsp3) is 0.412. The molecule has 3 rings (SSSR count). The minimum atomic E-state index is -0.127. The van der Waals surface area contributed by atoms with Gasteiger partial charge in [-0.25, -0.2) is 0 Å². The van der Waals surface area contributed by atoms with E-state index in [2.05, 4.69) is 10.6 Å². The van der Waals surface area contributed by atoms with E-state index in [0.29, 0.717) is 24.6 Å². The third kappa shape index (κ3) is 4.94. The van der Waals surface area contributed by atoms with Gasteiger partial charge in [0, 0.05) is 19.1 Å². The van der Waals surface area contributed by atoms with Gasteiger partial charge in [0.15, 0.2) is 0 Å². The highest BCUT2D eigenvalue weighted by molar-refractivity contribution is 7.18. The number of anilines is 1. The number of hydrogen-bond donors (Lipinski definition) is 2. The Morgan fingerprint density at radius 3 is 2.92 bits per heavy atom. The Balaban J connectivity index is 1.31. The van der Waals surface area contributed by atoms with Gasteiger partial charge in [-0.15, -0.1) is 11.3 Å². The number of nitrogens with one attached hydrogen (secondary N) is 2. The largest absolute Gasteiger partial charge is 0.467 e. The first kappa shape index (κ1) is 16.7. The molecule has 2 amide bonds. The topological polar surface area (TPSA) is 80.6 Å². The second-order valence-electron chi connectivity index (χ2n) is 5.67. The number of carbonyl (C=O) groups excluding carboxylic acids is 2. The van der Waals surface area contributed by atoms with Gasteiger partial charge in [-0.2, -0.15) is 0 Å². The van der Waals surface area contributed by atoms with Crippen LogP contribution in [0.15, 0.2) is 34.9 Å². The second-order valence-corrected chi connectivity index (χ2v) is 6.75. The van der Waals surface area contributed by atoms with Gasteiger partial charge >= 0.3 is 0 Å². The summed E-state index contributed by atoms with van der Waals surface area (Å²) in [6.45, 7) is 1.53. The van der Waals surface area contributed by atoms with E-state index in [-0.39, 0.29) is 17.7 Å². The third-order valence-electron chi connectivity index (χ3n) is 3.60. The lowest BCUT2D eigenvalue weighted by atomic mass is 10.4. The Morgan fingerprint density at radius 2 is 2.17 bits per heavy atom. The molecule has 6 nitrogen and oxygen atoms in total. The van der Waals surface area contributed by atoms with E-state index in [1.165, 1.54) is 11.3 Å². The van der Waals surface area contributed by atoms with Crippen molar-refractivity contribution in [2.45, 2.75) is 25.9 Å². The molecular weight excluding hydrogens is 328 g/mol. The molecular formula is C17H20N2O4S. The zero-order chi connectivity index (χ0) is 16.8. The maximum absolute atomic E-state index is 12.0. The van der Waals surface area contributed by atoms with Gasteiger partial charge in [-0.1, -0.05) is 0 Å². The highest BCUT2D eigenvalue weighted by Gasteiger charge is 2.29. The highest BCUT2D eigenvalue weighted by atomic mass is 32.1. The number of carbonyl (C=O) groups is 2. The van der Waals surface area contributed by atoms with Gasteiger partial charge in [0.25, 0.3) is 5.91 Å². The molecule has 2 aromatic heterocycles. The van der Waals surface area contributed by atoms with Gasteiger partial charge in [0.2, 0.25) is 5.91 Å². The molecule has 7 heteroatoms. The van der Waals surface area contributed by atoms with Crippen molar-refractivity contribution < 1.29 is 18.7 Å². The van der Waals surface area contributed by atoms with Crippen molar-refractivity contribution in [1.29, 1.82) is 0 Å². The minimum absolute atomic E-state index is 0.0533. The minimum Gasteiger partial charge on any atom is -0.467 e. The zero-order valence-corrected chi connectivity index (χ0v) is 14.1. The van der Waals surface area contributed by atoms with E-state index in [1.54, 1.807) is 18.4 Å². The van der Waals surface area contributed by atoms with Crippen LogP contribution >= 0.6 is 11.3 Å². The predicted octanol–water partition coefficient (Wildman–Crippen LogP) is 3.03. The summed E-state index contributed by atoms with van der Waals surface area (Å²) >= 11 is 1.29. The van der Waals surface area contributed by atoms with Crippen molar-refractivity contribution in [3.05, 3.63) is 41.2 Å². The van der Waals surface area contributed by atoms with Crippen LogP contribution in [0.1, 0.15) is 34.7 Å². The average Bonchev–Trinajstić information content (AvgIpc) is 3.11. The Kier molecular flexibility index (Phi) is 5.66. The Hall–Kier alpha value is -2.12. The van der Waals surface area contributed by atoms with Crippen molar-refractivity contribution in [1.82, 2.24) is 5.32 Å². The van der Waals surface area contributed by atoms with Gasteiger partial charge in [0.1, 0.15) is 12.4 Å². The number of amides is 2. The normalized spacial score (nSPS) is 13.7. The van der Waals surface area contributed by atoms with Crippen molar-refractivity contribution >= 4 is 28.2 Å². The van der Waals surface area contributed by atoms with E-state index in [0.717, 1.165) is 30.0 Å². The van der Waals surface area contributed by atoms with Crippen molar-refractivity contribution in [3.63, 3.8) is 0 Å². The SMILES string of the molecule is O=C(NCCCOCc1ccco1)c1ccc(NC(=O)C2CC2)s1. The highest BCUT2D eigenvalue weighted by Crippen LogP contribution is 2.31. The van der Waals surface area contributed by atoms with Crippen molar-refractivity contribution in [2.24, 2.45) is 5.92 Å². The molecule has 2 aromatic rings. The molecule has 1 aliphatic rings. The number of ether oxygens (including phenoxy) is 1. The summed E-state index contributed by atoms with van der Waals surface area (Å²) in [7, 11) is 0. The lowest BCUT2D eigenvalue weighted by Crippen LogP contribution is -2.24. The first-order valence-corrected chi connectivity index (χ1v) is 8.83. The van der Waals surface area contributed by atoms with Crippen LogP contribution in [-0.4, -0.2) is 25.0 Å². The molecule has 1 fully saturated rings. The lowest BCUT2D eigenvalue weighted by molar-refractivity contribution is -0.117. The predicted molar refractivity (Wildman–Crippen MR) is 91.0 cm³/mol. The second kappa shape index (κ2) is 8.12. The number of thiophene rings is 1. The average molecular weight is 348 g/mol. The van der Waals surface area contributed by atoms with E-state index in [4.69, 9.17) is 9.15 Å². The maximum atomic E-state index is 12.0. The molecule has 0 saturated heterocycles. The van der Waals surface area contributed by atoms with E-state index >= 15 is 0 Å². The fourth-order valence-corrected chi connectivity index (χ4v) is 2.95. The number of hydrogen-bond acceptors (Lipinski definition) is 5. The van der Waals surface area contributed by atoms with Crippen LogP contribution < -0.4 is 10.6 Å². The van der Waals surface area contributed by atoms with Crippen LogP contribution in [0.2, 0.25) is 0 Å². The summed E-state index contributed by atoms with van der Waals surface area (Å²) in [4.78, 5) is 24.3. The molecule has 128 valence electrons. The third-order valence-corrected chi connectivity index (χ3v) is 4.60. The summed E-state index contributed by atoms with van der Waals surface area (Å²) in [6, 6.07) is 7.18. The van der Waals surface area contributed by atoms with E-state index in [1.807, 2.05) is 12.1 Å². The molecule has 0 aliphatic heterocycles. The van der Waals surface area contributed by atoms with Crippen molar-refractivity contribution in [3.8, 4) is 0 Å². The van der Waals surface area contributed by atoms with Crippen LogP contribution in [0, 0.1) is 5.92 Å². The number of rotatable bonds is 9. The molecule has 2 heterocycles. The van der Waals surface area contributed by atoms with Crippen LogP contribution in [0.4, 0.5) is 5.00 Å².